The van der Waals surface area contributed by atoms with Gasteiger partial charge in [0.15, 0.2) is 0 Å². The number of ketones is 1. The number of ether oxygens (including phenoxy) is 3. The molecule has 2 aromatic heterocycles. The number of aromatic nitrogens is 3. The van der Waals surface area contributed by atoms with Crippen molar-refractivity contribution < 1.29 is 47.8 Å². The third-order valence-electron chi connectivity index (χ3n) is 14.1. The third kappa shape index (κ3) is 17.6. The first-order chi connectivity index (χ1) is 38.4. The lowest BCUT2D eigenvalue weighted by Crippen LogP contribution is -2.54. The molecule has 79 heavy (non-hydrogen) atoms. The van der Waals surface area contributed by atoms with Crippen molar-refractivity contribution in [1.29, 1.82) is 0 Å². The number of carbonyl (C=O) groups excluding carboxylic acids is 7. The van der Waals surface area contributed by atoms with E-state index in [1.807, 2.05) is 65.6 Å². The quantitative estimate of drug-likeness (QED) is 0.0380. The van der Waals surface area contributed by atoms with Crippen molar-refractivity contribution in [3.63, 3.8) is 0 Å². The summed E-state index contributed by atoms with van der Waals surface area (Å²) in [6.07, 6.45) is 13.5. The highest BCUT2D eigenvalue weighted by Crippen LogP contribution is 2.31. The van der Waals surface area contributed by atoms with Crippen molar-refractivity contribution in [2.45, 2.75) is 110 Å². The summed E-state index contributed by atoms with van der Waals surface area (Å²) in [5.74, 6) is -1.42. The molecule has 18 heteroatoms. The Labute approximate surface area is 463 Å². The Hall–Kier alpha value is -7.38. The van der Waals surface area contributed by atoms with Crippen LogP contribution in [0.4, 0.5) is 5.69 Å². The number of anilines is 1. The predicted molar refractivity (Wildman–Crippen MR) is 298 cm³/mol. The molecular weight excluding hydrogens is 1000 g/mol. The highest BCUT2D eigenvalue weighted by atomic mass is 16.5. The number of benzene rings is 3. The van der Waals surface area contributed by atoms with Crippen molar-refractivity contribution in [3.05, 3.63) is 142 Å². The molecule has 0 radical (unpaired) electrons. The van der Waals surface area contributed by atoms with E-state index >= 15 is 0 Å². The molecule has 5 heterocycles. The Balaban J connectivity index is 0.000000246. The van der Waals surface area contributed by atoms with Crippen LogP contribution in [-0.4, -0.2) is 143 Å². The highest BCUT2D eigenvalue weighted by Gasteiger charge is 2.45. The van der Waals surface area contributed by atoms with E-state index in [9.17, 15) is 33.6 Å². The van der Waals surface area contributed by atoms with Crippen LogP contribution >= 0.6 is 0 Å². The van der Waals surface area contributed by atoms with Gasteiger partial charge in [0.1, 0.15) is 17.6 Å². The molecular formula is C61H74N8O10. The van der Waals surface area contributed by atoms with Crippen LogP contribution in [-0.2, 0) is 52.8 Å². The van der Waals surface area contributed by atoms with Crippen LogP contribution in [0.15, 0.2) is 97.5 Å². The fourth-order valence-electron chi connectivity index (χ4n) is 9.69. The summed E-state index contributed by atoms with van der Waals surface area (Å²) in [7, 11) is 1.62. The molecule has 2 fully saturated rings. The minimum Gasteiger partial charge on any atom is -0.382 e. The summed E-state index contributed by atoms with van der Waals surface area (Å²) in [6.45, 7) is 11.5. The van der Waals surface area contributed by atoms with E-state index in [1.165, 1.54) is 6.07 Å². The Kier molecular flexibility index (Phi) is 23.0. The molecule has 8 rings (SSSR count). The van der Waals surface area contributed by atoms with Gasteiger partial charge in [-0.05, 0) is 116 Å². The molecule has 5 aromatic rings. The molecule has 1 atom stereocenters. The van der Waals surface area contributed by atoms with Gasteiger partial charge in [0.25, 0.3) is 17.7 Å². The van der Waals surface area contributed by atoms with E-state index in [0.29, 0.717) is 56.0 Å². The number of unbranched alkanes of at least 4 members (excludes halogenated alkanes) is 4. The predicted octanol–water partition coefficient (Wildman–Crippen LogP) is 7.74. The van der Waals surface area contributed by atoms with Crippen LogP contribution in [0.3, 0.4) is 0 Å². The normalized spacial score (nSPS) is 15.4. The topological polar surface area (TPSA) is 220 Å². The number of hydrogen-bond acceptors (Lipinski definition) is 14. The van der Waals surface area contributed by atoms with Gasteiger partial charge >= 0.3 is 0 Å². The van der Waals surface area contributed by atoms with Crippen LogP contribution < -0.4 is 10.6 Å². The summed E-state index contributed by atoms with van der Waals surface area (Å²) in [5, 5.41) is 5.23. The zero-order valence-electron chi connectivity index (χ0n) is 45.8. The Morgan fingerprint density at radius 2 is 1.52 bits per heavy atom. The lowest BCUT2D eigenvalue weighted by molar-refractivity contribution is -0.136. The molecule has 18 nitrogen and oxygen atoms in total. The minimum absolute atomic E-state index is 0.0154. The molecule has 0 aliphatic carbocycles. The summed E-state index contributed by atoms with van der Waals surface area (Å²) in [6, 6.07) is 23.3. The van der Waals surface area contributed by atoms with Crippen molar-refractivity contribution in [3.8, 4) is 11.3 Å². The van der Waals surface area contributed by atoms with Gasteiger partial charge in [-0.1, -0.05) is 50.1 Å². The maximum Gasteiger partial charge on any atom is 0.262 e. The molecule has 2 N–H and O–H groups in total. The first kappa shape index (κ1) is 59.3. The Bertz CT molecular complexity index is 2870. The maximum atomic E-state index is 13.1. The van der Waals surface area contributed by atoms with E-state index in [-0.39, 0.29) is 48.0 Å². The first-order valence-electron chi connectivity index (χ1n) is 27.6. The average Bonchev–Trinajstić information content (AvgIpc) is 3.82. The van der Waals surface area contributed by atoms with Gasteiger partial charge < -0.3 is 24.4 Å². The fourth-order valence-corrected chi connectivity index (χ4v) is 9.69. The molecule has 2 saturated heterocycles. The summed E-state index contributed by atoms with van der Waals surface area (Å²) in [5.41, 5.74) is 7.29. The van der Waals surface area contributed by atoms with Crippen molar-refractivity contribution in [2.75, 3.05) is 71.6 Å². The Morgan fingerprint density at radius 1 is 0.759 bits per heavy atom. The number of nitrogens with zero attached hydrogens (tertiary/aromatic N) is 6. The van der Waals surface area contributed by atoms with Gasteiger partial charge in [0, 0.05) is 127 Å². The number of nitrogens with one attached hydrogen (secondary N) is 2. The highest BCUT2D eigenvalue weighted by molar-refractivity contribution is 6.24. The molecule has 6 amide bonds. The number of amides is 6. The largest absolute Gasteiger partial charge is 0.382 e. The van der Waals surface area contributed by atoms with Crippen molar-refractivity contribution in [1.82, 2.24) is 35.0 Å². The molecule has 418 valence electrons. The van der Waals surface area contributed by atoms with Crippen molar-refractivity contribution in [2.24, 2.45) is 0 Å². The van der Waals surface area contributed by atoms with Gasteiger partial charge in [0.2, 0.25) is 17.7 Å². The molecule has 0 bridgehead atoms. The van der Waals surface area contributed by atoms with E-state index in [1.54, 1.807) is 37.8 Å². The fraction of sp³-hybridized carbons (Fsp3) is 0.443. The van der Waals surface area contributed by atoms with Crippen LogP contribution in [0.5, 0.6) is 0 Å². The van der Waals surface area contributed by atoms with Crippen LogP contribution in [0, 0.1) is 6.92 Å². The average molecular weight is 1080 g/mol. The number of piperidine rings is 1. The zero-order valence-corrected chi connectivity index (χ0v) is 45.8. The summed E-state index contributed by atoms with van der Waals surface area (Å²) >= 11 is 0. The number of methoxy groups -OCH3 is 1. The SMILES string of the molecule is CCCOCCCCCC(=O)N1CCN(Cc2ccc(C(=O)Nc3ccc(C)c(Cc4nccc(-c5cccnc5)n4)c3)cc2)CC1.COCCOCCCCCC(=O)Cc1cccc2c1C(=O)N(C1CCC(=O)NC1=O)C2=O. The maximum absolute atomic E-state index is 13.1. The molecule has 3 aliphatic heterocycles. The number of Topliss-reactive ketones (excluding diaryl/α,β-unsaturated/α-hetero) is 1. The number of piperazine rings is 1. The standard InChI is InChI=1S/C38H46N6O3.C23H28N2O7/c1-3-23-47-24-6-4-5-9-37(45)44-21-19-43(20-22-44)28-30-11-13-31(14-12-30)38(46)41-34-15-10-29(2)33(25-34)26-36-40-18-16-35(42-36)32-8-7-17-39-27-32;1-31-12-13-32-11-4-2-3-7-16(26)14-15-6-5-8-17-20(15)23(30)25(22(17)29)18-9-10-19(27)24-21(18)28/h7-8,10-18,25,27H,3-6,9,19-24,26,28H2,1-2H3,(H,41,46);5-6,8,18H,2-4,7,9-14H2,1H3,(H,24,27,28). The number of pyridine rings is 1. The smallest absolute Gasteiger partial charge is 0.262 e. The molecule has 1 unspecified atom stereocenters. The monoisotopic (exact) mass is 1080 g/mol. The van der Waals surface area contributed by atoms with Crippen LogP contribution in [0.2, 0.25) is 0 Å². The second kappa shape index (κ2) is 30.7. The van der Waals surface area contributed by atoms with Gasteiger partial charge in [-0.25, -0.2) is 9.97 Å². The molecule has 0 spiro atoms. The number of carbonyl (C=O) groups is 7. The number of aryl methyl sites for hydroxylation is 1. The van der Waals surface area contributed by atoms with Gasteiger partial charge in [-0.3, -0.25) is 53.7 Å². The number of rotatable bonds is 27. The van der Waals surface area contributed by atoms with E-state index in [2.05, 4.69) is 39.3 Å². The number of hydrogen-bond donors (Lipinski definition) is 2. The van der Waals surface area contributed by atoms with Gasteiger partial charge in [-0.15, -0.1) is 0 Å². The lowest BCUT2D eigenvalue weighted by atomic mass is 9.97. The lowest BCUT2D eigenvalue weighted by Gasteiger charge is -2.35. The van der Waals surface area contributed by atoms with E-state index in [0.717, 1.165) is 129 Å². The zero-order chi connectivity index (χ0) is 55.9. The number of fused-ring (bicyclic) bond motifs is 1. The second-order valence-electron chi connectivity index (χ2n) is 20.1. The first-order valence-corrected chi connectivity index (χ1v) is 27.6. The van der Waals surface area contributed by atoms with Crippen LogP contribution in [0.1, 0.15) is 137 Å². The molecule has 0 saturated carbocycles. The van der Waals surface area contributed by atoms with E-state index < -0.39 is 29.7 Å². The Morgan fingerprint density at radius 3 is 2.24 bits per heavy atom. The van der Waals surface area contributed by atoms with Crippen molar-refractivity contribution >= 4 is 46.9 Å². The summed E-state index contributed by atoms with van der Waals surface area (Å²) < 4.78 is 15.8. The molecule has 3 aliphatic rings. The minimum atomic E-state index is -1.02. The summed E-state index contributed by atoms with van der Waals surface area (Å²) in [4.78, 5) is 106. The number of imide groups is 2. The third-order valence-corrected chi connectivity index (χ3v) is 14.1. The van der Waals surface area contributed by atoms with Gasteiger partial charge in [0.05, 0.1) is 30.0 Å². The second-order valence-corrected chi connectivity index (χ2v) is 20.1. The molecule has 3 aromatic carbocycles. The van der Waals surface area contributed by atoms with Gasteiger partial charge in [-0.2, -0.15) is 0 Å². The van der Waals surface area contributed by atoms with Crippen LogP contribution in [0.25, 0.3) is 11.3 Å². The van der Waals surface area contributed by atoms with E-state index in [4.69, 9.17) is 19.2 Å².